The number of carbonyl (C=O) groups is 2. The average molecular weight is 498 g/mol. The maximum absolute atomic E-state index is 14.1. The van der Waals surface area contributed by atoms with E-state index in [1.54, 1.807) is 0 Å². The molecule has 1 saturated heterocycles. The number of amides is 1. The van der Waals surface area contributed by atoms with Gasteiger partial charge in [-0.15, -0.1) is 0 Å². The van der Waals surface area contributed by atoms with E-state index in [1.165, 1.54) is 18.2 Å². The summed E-state index contributed by atoms with van der Waals surface area (Å²) in [5, 5.41) is 0.0534. The number of piperidine rings is 1. The minimum absolute atomic E-state index is 0.0318. The molecule has 1 aliphatic rings. The van der Waals surface area contributed by atoms with Crippen molar-refractivity contribution >= 4 is 35.1 Å². The van der Waals surface area contributed by atoms with E-state index in [2.05, 4.69) is 4.74 Å². The van der Waals surface area contributed by atoms with Crippen LogP contribution in [-0.4, -0.2) is 54.5 Å². The van der Waals surface area contributed by atoms with Gasteiger partial charge in [-0.05, 0) is 37.0 Å². The van der Waals surface area contributed by atoms with Crippen LogP contribution in [0.1, 0.15) is 30.7 Å². The lowest BCUT2D eigenvalue weighted by Crippen LogP contribution is -2.63. The third-order valence-corrected chi connectivity index (χ3v) is 5.71. The number of rotatable bonds is 5. The van der Waals surface area contributed by atoms with Crippen molar-refractivity contribution in [3.8, 4) is 0 Å². The van der Waals surface area contributed by atoms with Gasteiger partial charge in [0.1, 0.15) is 5.92 Å². The molecule has 0 spiro atoms. The first kappa shape index (κ1) is 25.5. The molecule has 2 unspecified atom stereocenters. The highest BCUT2D eigenvalue weighted by molar-refractivity contribution is 6.42. The molecule has 1 amide bonds. The monoisotopic (exact) mass is 497 g/mol. The molecule has 4 nitrogen and oxygen atoms in total. The van der Waals surface area contributed by atoms with Gasteiger partial charge in [-0.2, -0.15) is 30.7 Å². The van der Waals surface area contributed by atoms with E-state index in [-0.39, 0.29) is 33.4 Å². The summed E-state index contributed by atoms with van der Waals surface area (Å²) in [4.78, 5) is 24.9. The Morgan fingerprint density at radius 2 is 1.68 bits per heavy atom. The van der Waals surface area contributed by atoms with Crippen LogP contribution in [0.3, 0.4) is 0 Å². The topological polar surface area (TPSA) is 46.6 Å². The largest absolute Gasteiger partial charge is 0.468 e. The van der Waals surface area contributed by atoms with Crippen molar-refractivity contribution in [1.82, 2.24) is 4.90 Å². The summed E-state index contributed by atoms with van der Waals surface area (Å²) in [6.45, 7) is -0.554. The van der Waals surface area contributed by atoms with Gasteiger partial charge in [0.2, 0.25) is 0 Å². The molecule has 174 valence electrons. The van der Waals surface area contributed by atoms with E-state index in [4.69, 9.17) is 23.2 Å². The smallest absolute Gasteiger partial charge is 0.460 e. The number of alkyl halides is 7. The molecule has 0 aliphatic carbocycles. The Labute approximate surface area is 182 Å². The summed E-state index contributed by atoms with van der Waals surface area (Å²) in [5.41, 5.74) is 0.0665. The first-order chi connectivity index (χ1) is 14.2. The highest BCUT2D eigenvalue weighted by Crippen LogP contribution is 2.48. The molecule has 0 saturated carbocycles. The van der Waals surface area contributed by atoms with E-state index in [9.17, 15) is 40.3 Å². The lowest BCUT2D eigenvalue weighted by molar-refractivity contribution is -0.346. The first-order valence-electron chi connectivity index (χ1n) is 8.83. The van der Waals surface area contributed by atoms with Crippen LogP contribution >= 0.6 is 23.2 Å². The van der Waals surface area contributed by atoms with Gasteiger partial charge in [0.15, 0.2) is 0 Å². The summed E-state index contributed by atoms with van der Waals surface area (Å²) in [6, 6.07) is 2.29. The number of likely N-dealkylation sites (tertiary alicyclic amines) is 1. The lowest BCUT2D eigenvalue weighted by Gasteiger charge is -2.41. The van der Waals surface area contributed by atoms with Crippen LogP contribution in [0.2, 0.25) is 10.0 Å². The summed E-state index contributed by atoms with van der Waals surface area (Å²) >= 11 is 11.7. The second-order valence-electron chi connectivity index (χ2n) is 6.88. The van der Waals surface area contributed by atoms with Gasteiger partial charge < -0.3 is 9.64 Å². The van der Waals surface area contributed by atoms with Gasteiger partial charge >= 0.3 is 24.0 Å². The standard InChI is InChI=1S/C18H16Cl2F7NO3/c1-31-14(29)13(9-5-6-10(19)11(20)8-9)12-4-2-3-7-28(12)15(30)16(21,22)17(23,24)18(25,26)27/h5-6,8,12-13H,2-4,7H2,1H3. The zero-order valence-corrected chi connectivity index (χ0v) is 17.3. The molecular formula is C18H16Cl2F7NO3. The van der Waals surface area contributed by atoms with Gasteiger partial charge in [-0.25, -0.2) is 0 Å². The molecule has 0 N–H and O–H groups in total. The van der Waals surface area contributed by atoms with E-state index < -0.39 is 48.4 Å². The minimum Gasteiger partial charge on any atom is -0.468 e. The number of esters is 1. The molecule has 1 heterocycles. The average Bonchev–Trinajstić information content (AvgIpc) is 2.69. The number of methoxy groups -OCH3 is 1. The Balaban J connectivity index is 2.52. The van der Waals surface area contributed by atoms with Gasteiger partial charge in [0, 0.05) is 12.6 Å². The molecule has 1 aromatic rings. The number of halogens is 9. The van der Waals surface area contributed by atoms with E-state index >= 15 is 0 Å². The minimum atomic E-state index is -6.66. The van der Waals surface area contributed by atoms with Gasteiger partial charge in [0.05, 0.1) is 17.2 Å². The third kappa shape index (κ3) is 4.72. The fraction of sp³-hybridized carbons (Fsp3) is 0.556. The highest BCUT2D eigenvalue weighted by Gasteiger charge is 2.77. The van der Waals surface area contributed by atoms with Crippen LogP contribution in [-0.2, 0) is 14.3 Å². The molecule has 0 aromatic heterocycles. The van der Waals surface area contributed by atoms with Crippen LogP contribution in [0.5, 0.6) is 0 Å². The number of hydrogen-bond donors (Lipinski definition) is 0. The summed E-state index contributed by atoms with van der Waals surface area (Å²) in [5.74, 6) is -17.9. The van der Waals surface area contributed by atoms with E-state index in [0.717, 1.165) is 7.11 Å². The fourth-order valence-corrected chi connectivity index (χ4v) is 3.70. The van der Waals surface area contributed by atoms with Crippen LogP contribution in [0.4, 0.5) is 30.7 Å². The van der Waals surface area contributed by atoms with Crippen molar-refractivity contribution in [2.45, 2.75) is 49.2 Å². The van der Waals surface area contributed by atoms with Crippen molar-refractivity contribution in [2.75, 3.05) is 13.7 Å². The van der Waals surface area contributed by atoms with Crippen molar-refractivity contribution in [2.24, 2.45) is 0 Å². The summed E-state index contributed by atoms with van der Waals surface area (Å²) < 4.78 is 97.4. The Kier molecular flexibility index (Phi) is 7.41. The van der Waals surface area contributed by atoms with E-state index in [0.29, 0.717) is 6.42 Å². The van der Waals surface area contributed by atoms with Gasteiger partial charge in [-0.1, -0.05) is 29.3 Å². The molecule has 2 rings (SSSR count). The Hall–Kier alpha value is -1.75. The molecule has 1 aromatic carbocycles. The van der Waals surface area contributed by atoms with Crippen LogP contribution in [0.25, 0.3) is 0 Å². The zero-order valence-electron chi connectivity index (χ0n) is 15.8. The fourth-order valence-electron chi connectivity index (χ4n) is 3.40. The molecule has 31 heavy (non-hydrogen) atoms. The summed E-state index contributed by atoms with van der Waals surface area (Å²) in [6.07, 6.45) is -6.43. The predicted molar refractivity (Wildman–Crippen MR) is 96.5 cm³/mol. The predicted octanol–water partition coefficient (Wildman–Crippen LogP) is 5.46. The summed E-state index contributed by atoms with van der Waals surface area (Å²) in [7, 11) is 0.967. The second kappa shape index (κ2) is 9.01. The third-order valence-electron chi connectivity index (χ3n) is 4.97. The number of carbonyl (C=O) groups excluding carboxylic acids is 2. The SMILES string of the molecule is COC(=O)C(c1ccc(Cl)c(Cl)c1)C1CCCCN1C(=O)C(F)(F)C(F)(F)C(F)(F)F. The van der Waals surface area contributed by atoms with Crippen LogP contribution < -0.4 is 0 Å². The second-order valence-corrected chi connectivity index (χ2v) is 7.70. The van der Waals surface area contributed by atoms with Gasteiger partial charge in [-0.3, -0.25) is 9.59 Å². The molecule has 1 fully saturated rings. The van der Waals surface area contributed by atoms with Crippen molar-refractivity contribution in [3.63, 3.8) is 0 Å². The Morgan fingerprint density at radius 1 is 1.06 bits per heavy atom. The number of nitrogens with zero attached hydrogens (tertiary/aromatic N) is 1. The van der Waals surface area contributed by atoms with Crippen molar-refractivity contribution in [3.05, 3.63) is 33.8 Å². The highest BCUT2D eigenvalue weighted by atomic mass is 35.5. The molecule has 0 bridgehead atoms. The molecule has 13 heteroatoms. The molecule has 1 aliphatic heterocycles. The maximum atomic E-state index is 14.1. The number of hydrogen-bond acceptors (Lipinski definition) is 3. The van der Waals surface area contributed by atoms with Crippen molar-refractivity contribution < 1.29 is 45.1 Å². The van der Waals surface area contributed by atoms with Crippen LogP contribution in [0, 0.1) is 0 Å². The molecule has 2 atom stereocenters. The molecule has 0 radical (unpaired) electrons. The Morgan fingerprint density at radius 3 is 2.19 bits per heavy atom. The molecular weight excluding hydrogens is 482 g/mol. The lowest BCUT2D eigenvalue weighted by atomic mass is 9.84. The normalized spacial score (nSPS) is 19.2. The van der Waals surface area contributed by atoms with Crippen LogP contribution in [0.15, 0.2) is 18.2 Å². The quantitative estimate of drug-likeness (QED) is 0.400. The zero-order chi connectivity index (χ0) is 23.8. The number of benzene rings is 1. The van der Waals surface area contributed by atoms with Crippen molar-refractivity contribution in [1.29, 1.82) is 0 Å². The first-order valence-corrected chi connectivity index (χ1v) is 9.58. The number of ether oxygens (including phenoxy) is 1. The van der Waals surface area contributed by atoms with E-state index in [1.807, 2.05) is 0 Å². The van der Waals surface area contributed by atoms with Gasteiger partial charge in [0.25, 0.3) is 5.91 Å². The maximum Gasteiger partial charge on any atom is 0.460 e. The Bertz CT molecular complexity index is 848.